The van der Waals surface area contributed by atoms with Crippen molar-refractivity contribution in [1.29, 1.82) is 0 Å². The zero-order valence-corrected chi connectivity index (χ0v) is 13.6. The second-order valence-corrected chi connectivity index (χ2v) is 7.91. The van der Waals surface area contributed by atoms with Gasteiger partial charge in [0.05, 0.1) is 0 Å². The van der Waals surface area contributed by atoms with Gasteiger partial charge < -0.3 is 5.32 Å². The number of piperazine rings is 1. The quantitative estimate of drug-likeness (QED) is 0.930. The van der Waals surface area contributed by atoms with Gasteiger partial charge in [-0.25, -0.2) is 0 Å². The van der Waals surface area contributed by atoms with Crippen molar-refractivity contribution in [2.24, 2.45) is 0 Å². The van der Waals surface area contributed by atoms with Gasteiger partial charge in [-0.2, -0.15) is 0 Å². The van der Waals surface area contributed by atoms with Gasteiger partial charge in [0, 0.05) is 53.5 Å². The van der Waals surface area contributed by atoms with Gasteiger partial charge in [0.15, 0.2) is 0 Å². The van der Waals surface area contributed by atoms with Gasteiger partial charge in [0.1, 0.15) is 0 Å². The molecule has 3 nitrogen and oxygen atoms in total. The van der Waals surface area contributed by atoms with Crippen LogP contribution in [0, 0.1) is 0 Å². The lowest BCUT2D eigenvalue weighted by molar-refractivity contribution is 0.0744. The number of nitrogens with one attached hydrogen (secondary N) is 1. The van der Waals surface area contributed by atoms with Crippen molar-refractivity contribution < 1.29 is 4.21 Å². The molecule has 1 aromatic carbocycles. The summed E-state index contributed by atoms with van der Waals surface area (Å²) in [5.41, 5.74) is 1.41. The largest absolute Gasteiger partial charge is 0.311 e. The lowest BCUT2D eigenvalue weighted by atomic mass is 9.96. The van der Waals surface area contributed by atoms with Crippen molar-refractivity contribution in [3.8, 4) is 0 Å². The van der Waals surface area contributed by atoms with E-state index < -0.39 is 10.8 Å². The van der Waals surface area contributed by atoms with E-state index in [-0.39, 0.29) is 0 Å². The SMILES string of the molecule is CCC1CN(C2CCS(=O)CC2)C(c2ccccc2)CN1. The molecule has 21 heavy (non-hydrogen) atoms. The van der Waals surface area contributed by atoms with Gasteiger partial charge in [0.25, 0.3) is 0 Å². The molecule has 2 fully saturated rings. The molecule has 0 bridgehead atoms. The lowest BCUT2D eigenvalue weighted by Crippen LogP contribution is -2.56. The topological polar surface area (TPSA) is 32.3 Å². The average molecular weight is 306 g/mol. The van der Waals surface area contributed by atoms with Crippen LogP contribution >= 0.6 is 0 Å². The van der Waals surface area contributed by atoms with E-state index in [1.54, 1.807) is 0 Å². The zero-order valence-electron chi connectivity index (χ0n) is 12.8. The molecule has 0 aromatic heterocycles. The zero-order chi connectivity index (χ0) is 14.7. The summed E-state index contributed by atoms with van der Waals surface area (Å²) in [6.45, 7) is 4.41. The highest BCUT2D eigenvalue weighted by Gasteiger charge is 2.34. The first-order valence-corrected chi connectivity index (χ1v) is 9.65. The predicted octanol–water partition coefficient (Wildman–Crippen LogP) is 2.32. The van der Waals surface area contributed by atoms with Gasteiger partial charge in [-0.1, -0.05) is 37.3 Å². The van der Waals surface area contributed by atoms with Gasteiger partial charge in [0.2, 0.25) is 0 Å². The van der Waals surface area contributed by atoms with E-state index in [2.05, 4.69) is 47.5 Å². The molecule has 4 heteroatoms. The molecular formula is C17H26N2OS. The maximum Gasteiger partial charge on any atom is 0.0476 e. The van der Waals surface area contributed by atoms with E-state index in [9.17, 15) is 4.21 Å². The van der Waals surface area contributed by atoms with Crippen LogP contribution < -0.4 is 5.32 Å². The van der Waals surface area contributed by atoms with E-state index >= 15 is 0 Å². The third-order valence-electron chi connectivity index (χ3n) is 4.94. The summed E-state index contributed by atoms with van der Waals surface area (Å²) in [7, 11) is -0.574. The first-order valence-electron chi connectivity index (χ1n) is 8.17. The average Bonchev–Trinajstić information content (AvgIpc) is 2.56. The number of benzene rings is 1. The molecule has 3 rings (SSSR count). The maximum absolute atomic E-state index is 11.6. The Hall–Kier alpha value is -0.710. The number of rotatable bonds is 3. The second kappa shape index (κ2) is 7.03. The van der Waals surface area contributed by atoms with Gasteiger partial charge >= 0.3 is 0 Å². The molecule has 1 aromatic rings. The molecule has 2 unspecified atom stereocenters. The van der Waals surface area contributed by atoms with Crippen LogP contribution in [0.5, 0.6) is 0 Å². The minimum Gasteiger partial charge on any atom is -0.311 e. The minimum absolute atomic E-state index is 0.463. The van der Waals surface area contributed by atoms with Gasteiger partial charge in [-0.05, 0) is 24.8 Å². The van der Waals surface area contributed by atoms with E-state index in [1.165, 1.54) is 12.0 Å². The molecule has 2 aliphatic rings. The highest BCUT2D eigenvalue weighted by molar-refractivity contribution is 7.85. The maximum atomic E-state index is 11.6. The van der Waals surface area contributed by atoms with Crippen LogP contribution in [0.2, 0.25) is 0 Å². The lowest BCUT2D eigenvalue weighted by Gasteiger charge is -2.46. The Kier molecular flexibility index (Phi) is 5.09. The van der Waals surface area contributed by atoms with Crippen molar-refractivity contribution in [2.45, 2.75) is 44.3 Å². The van der Waals surface area contributed by atoms with Crippen molar-refractivity contribution >= 4 is 10.8 Å². The molecule has 0 spiro atoms. The summed E-state index contributed by atoms with van der Waals surface area (Å²) in [5, 5.41) is 3.69. The molecule has 116 valence electrons. The monoisotopic (exact) mass is 306 g/mol. The summed E-state index contributed by atoms with van der Waals surface area (Å²) in [4.78, 5) is 2.69. The Labute approximate surface area is 130 Å². The van der Waals surface area contributed by atoms with E-state index in [0.717, 1.165) is 37.4 Å². The second-order valence-electron chi connectivity index (χ2n) is 6.22. The molecule has 1 N–H and O–H groups in total. The molecule has 0 aliphatic carbocycles. The summed E-state index contributed by atoms with van der Waals surface area (Å²) >= 11 is 0. The summed E-state index contributed by atoms with van der Waals surface area (Å²) in [5.74, 6) is 1.76. The predicted molar refractivity (Wildman–Crippen MR) is 88.9 cm³/mol. The number of nitrogens with zero attached hydrogens (tertiary/aromatic N) is 1. The van der Waals surface area contributed by atoms with E-state index in [4.69, 9.17) is 0 Å². The van der Waals surface area contributed by atoms with Crippen molar-refractivity contribution in [3.05, 3.63) is 35.9 Å². The van der Waals surface area contributed by atoms with Crippen LogP contribution in [0.4, 0.5) is 0 Å². The standard InChI is InChI=1S/C17H26N2OS/c1-2-15-13-19(16-8-10-21(20)11-9-16)17(12-18-15)14-6-4-3-5-7-14/h3-7,15-18H,2,8-13H2,1H3. The molecule has 0 saturated carbocycles. The molecule has 2 saturated heterocycles. The van der Waals surface area contributed by atoms with Crippen LogP contribution in [0.3, 0.4) is 0 Å². The fourth-order valence-electron chi connectivity index (χ4n) is 3.62. The van der Waals surface area contributed by atoms with Gasteiger partial charge in [-0.3, -0.25) is 9.11 Å². The molecule has 2 aliphatic heterocycles. The van der Waals surface area contributed by atoms with Crippen molar-refractivity contribution in [2.75, 3.05) is 24.6 Å². The fraction of sp³-hybridized carbons (Fsp3) is 0.647. The third-order valence-corrected chi connectivity index (χ3v) is 6.32. The Balaban J connectivity index is 1.78. The van der Waals surface area contributed by atoms with E-state index in [1.807, 2.05) is 0 Å². The Morgan fingerprint density at radius 1 is 1.24 bits per heavy atom. The Morgan fingerprint density at radius 2 is 1.95 bits per heavy atom. The third kappa shape index (κ3) is 3.55. The fourth-order valence-corrected chi connectivity index (χ4v) is 4.89. The van der Waals surface area contributed by atoms with Crippen LogP contribution in [-0.2, 0) is 10.8 Å². The van der Waals surface area contributed by atoms with Crippen LogP contribution in [-0.4, -0.2) is 45.8 Å². The highest BCUT2D eigenvalue weighted by Crippen LogP contribution is 2.30. The minimum atomic E-state index is -0.574. The molecule has 2 heterocycles. The summed E-state index contributed by atoms with van der Waals surface area (Å²) in [6.07, 6.45) is 3.36. The normalized spacial score (nSPS) is 34.7. The Bertz CT molecular complexity index is 469. The molecule has 0 radical (unpaired) electrons. The molecule has 2 atom stereocenters. The van der Waals surface area contributed by atoms with Crippen molar-refractivity contribution in [1.82, 2.24) is 10.2 Å². The van der Waals surface area contributed by atoms with E-state index in [0.29, 0.717) is 18.1 Å². The number of hydrogen-bond acceptors (Lipinski definition) is 3. The summed E-state index contributed by atoms with van der Waals surface area (Å²) in [6, 6.07) is 12.5. The van der Waals surface area contributed by atoms with Gasteiger partial charge in [-0.15, -0.1) is 0 Å². The van der Waals surface area contributed by atoms with Crippen molar-refractivity contribution in [3.63, 3.8) is 0 Å². The molecular weight excluding hydrogens is 280 g/mol. The van der Waals surface area contributed by atoms with Crippen LogP contribution in [0.1, 0.15) is 37.8 Å². The first-order chi connectivity index (χ1) is 10.3. The van der Waals surface area contributed by atoms with Crippen LogP contribution in [0.15, 0.2) is 30.3 Å². The first kappa shape index (κ1) is 15.2. The Morgan fingerprint density at radius 3 is 2.62 bits per heavy atom. The molecule has 0 amide bonds. The summed E-state index contributed by atoms with van der Waals surface area (Å²) < 4.78 is 11.6. The highest BCUT2D eigenvalue weighted by atomic mass is 32.2. The number of hydrogen-bond donors (Lipinski definition) is 1. The van der Waals surface area contributed by atoms with Crippen LogP contribution in [0.25, 0.3) is 0 Å². The smallest absolute Gasteiger partial charge is 0.0476 e.